The number of para-hydroxylation sites is 2. The number of fused-ring (bicyclic) bond motifs is 1. The van der Waals surface area contributed by atoms with E-state index in [0.29, 0.717) is 0 Å². The van der Waals surface area contributed by atoms with Crippen molar-refractivity contribution in [1.82, 2.24) is 4.57 Å². The quantitative estimate of drug-likeness (QED) is 0.231. The number of aromatic nitrogens is 2. The van der Waals surface area contributed by atoms with E-state index in [1.807, 2.05) is 18.2 Å². The maximum Gasteiger partial charge on any atom is 0.269 e. The van der Waals surface area contributed by atoms with Gasteiger partial charge in [0.1, 0.15) is 6.20 Å². The van der Waals surface area contributed by atoms with E-state index in [-0.39, 0.29) is 27.6 Å². The molecule has 5 rings (SSSR count). The summed E-state index contributed by atoms with van der Waals surface area (Å²) < 4.78 is 10.4. The Kier molecular flexibility index (Phi) is 7.12. The van der Waals surface area contributed by atoms with Crippen LogP contribution in [0.5, 0.6) is 5.75 Å². The first-order valence-corrected chi connectivity index (χ1v) is 11.3. The van der Waals surface area contributed by atoms with E-state index < -0.39 is 0 Å². The molecule has 2 heterocycles. The van der Waals surface area contributed by atoms with Gasteiger partial charge in [0.15, 0.2) is 17.1 Å². The Morgan fingerprint density at radius 2 is 1.53 bits per heavy atom. The van der Waals surface area contributed by atoms with Crippen LogP contribution in [0, 0.1) is 10.1 Å². The normalized spacial score (nSPS) is 12.9. The average molecular weight is 520 g/mol. The van der Waals surface area contributed by atoms with Crippen LogP contribution in [0.15, 0.2) is 79.0 Å². The highest BCUT2D eigenvalue weighted by molar-refractivity contribution is 5.69. The second kappa shape index (κ2) is 10.2. The zero-order valence-corrected chi connectivity index (χ0v) is 20.6. The van der Waals surface area contributed by atoms with Crippen molar-refractivity contribution >= 4 is 5.69 Å². The molecule has 1 aromatic heterocycles. The van der Waals surface area contributed by atoms with Gasteiger partial charge in [0.25, 0.3) is 11.5 Å². The minimum atomic E-state index is -0.373. The summed E-state index contributed by atoms with van der Waals surface area (Å²) in [4.78, 5) is 10.6. The fourth-order valence-electron chi connectivity index (χ4n) is 4.65. The van der Waals surface area contributed by atoms with Crippen molar-refractivity contribution in [3.63, 3.8) is 0 Å². The number of imidazole rings is 1. The van der Waals surface area contributed by atoms with E-state index in [4.69, 9.17) is 4.74 Å². The molecular formula is C27H26BrN3O3. The fourth-order valence-corrected chi connectivity index (χ4v) is 4.65. The average Bonchev–Trinajstić information content (AvgIpc) is 3.04. The number of nitro groups is 1. The third-order valence-electron chi connectivity index (χ3n) is 6.35. The summed E-state index contributed by atoms with van der Waals surface area (Å²) in [7, 11) is 1.71. The number of benzene rings is 3. The molecule has 0 radical (unpaired) electrons. The van der Waals surface area contributed by atoms with Crippen LogP contribution in [0.1, 0.15) is 25.1 Å². The standard InChI is InChI=1S/C27H26N3O3.BrH/c1-33-26-8-5-4-7-24(26)29-19-25(28-18-6-2-3-9-27(28)29)22-12-10-20(11-13-22)21-14-16-23(17-15-21)30(31)32;/h4-5,7-8,10-17,19H,2-3,6,9,18H2,1H3;1H/q+1;/p-1. The molecule has 7 heteroatoms. The van der Waals surface area contributed by atoms with Gasteiger partial charge in [-0.05, 0) is 66.8 Å². The van der Waals surface area contributed by atoms with Gasteiger partial charge in [0.2, 0.25) is 0 Å². The smallest absolute Gasteiger partial charge is 0.269 e. The Hall–Kier alpha value is -3.45. The highest BCUT2D eigenvalue weighted by Crippen LogP contribution is 2.29. The number of methoxy groups -OCH3 is 1. The van der Waals surface area contributed by atoms with Crippen molar-refractivity contribution < 1.29 is 31.2 Å². The first kappa shape index (κ1) is 23.7. The van der Waals surface area contributed by atoms with Crippen molar-refractivity contribution in [1.29, 1.82) is 0 Å². The summed E-state index contributed by atoms with van der Waals surface area (Å²) in [6.45, 7) is 0.997. The van der Waals surface area contributed by atoms with E-state index in [1.54, 1.807) is 31.4 Å². The largest absolute Gasteiger partial charge is 1.00 e. The first-order valence-electron chi connectivity index (χ1n) is 11.3. The van der Waals surface area contributed by atoms with Gasteiger partial charge < -0.3 is 21.7 Å². The molecule has 0 unspecified atom stereocenters. The minimum Gasteiger partial charge on any atom is -1.00 e. The second-order valence-electron chi connectivity index (χ2n) is 8.32. The van der Waals surface area contributed by atoms with E-state index in [9.17, 15) is 10.1 Å². The van der Waals surface area contributed by atoms with Crippen LogP contribution in [-0.2, 0) is 13.0 Å². The molecule has 6 nitrogen and oxygen atoms in total. The fraction of sp³-hybridized carbons (Fsp3) is 0.222. The Bertz CT molecular complexity index is 1300. The number of hydrogen-bond acceptors (Lipinski definition) is 3. The number of ether oxygens (including phenoxy) is 1. The number of hydrogen-bond donors (Lipinski definition) is 0. The van der Waals surface area contributed by atoms with Crippen LogP contribution < -0.4 is 26.3 Å². The van der Waals surface area contributed by atoms with Crippen LogP contribution in [0.4, 0.5) is 5.69 Å². The number of non-ortho nitro benzene ring substituents is 1. The van der Waals surface area contributed by atoms with Crippen molar-refractivity contribution in [2.24, 2.45) is 0 Å². The van der Waals surface area contributed by atoms with E-state index >= 15 is 0 Å². The van der Waals surface area contributed by atoms with Crippen molar-refractivity contribution in [2.75, 3.05) is 7.11 Å². The molecule has 0 aliphatic carbocycles. The summed E-state index contributed by atoms with van der Waals surface area (Å²) in [5, 5.41) is 10.9. The Labute approximate surface area is 209 Å². The predicted octanol–water partition coefficient (Wildman–Crippen LogP) is 2.75. The van der Waals surface area contributed by atoms with Crippen molar-refractivity contribution in [3.8, 4) is 33.8 Å². The third kappa shape index (κ3) is 4.48. The number of nitrogens with zero attached hydrogens (tertiary/aromatic N) is 3. The number of halogens is 1. The lowest BCUT2D eigenvalue weighted by Gasteiger charge is -2.06. The molecular weight excluding hydrogens is 494 g/mol. The monoisotopic (exact) mass is 519 g/mol. The summed E-state index contributed by atoms with van der Waals surface area (Å²) in [5.41, 5.74) is 5.50. The molecule has 3 aromatic carbocycles. The van der Waals surface area contributed by atoms with Gasteiger partial charge in [0, 0.05) is 24.1 Å². The maximum absolute atomic E-state index is 10.9. The zero-order valence-electron chi connectivity index (χ0n) is 19.0. The molecule has 0 atom stereocenters. The summed E-state index contributed by atoms with van der Waals surface area (Å²) in [5.74, 6) is 2.16. The summed E-state index contributed by atoms with van der Waals surface area (Å²) in [6, 6.07) is 23.3. The number of rotatable bonds is 5. The Balaban J connectivity index is 0.00000274. The van der Waals surface area contributed by atoms with Crippen LogP contribution >= 0.6 is 0 Å². The number of nitro benzene ring substituents is 1. The summed E-state index contributed by atoms with van der Waals surface area (Å²) in [6.07, 6.45) is 6.82. The molecule has 0 saturated carbocycles. The topological polar surface area (TPSA) is 61.2 Å². The molecule has 34 heavy (non-hydrogen) atoms. The van der Waals surface area contributed by atoms with Gasteiger partial charge in [-0.3, -0.25) is 10.1 Å². The van der Waals surface area contributed by atoms with Gasteiger partial charge in [-0.1, -0.05) is 24.3 Å². The Morgan fingerprint density at radius 1 is 0.882 bits per heavy atom. The third-order valence-corrected chi connectivity index (χ3v) is 6.35. The molecule has 1 aliphatic heterocycles. The molecule has 174 valence electrons. The predicted molar refractivity (Wildman–Crippen MR) is 128 cm³/mol. The first-order chi connectivity index (χ1) is 16.2. The van der Waals surface area contributed by atoms with Crippen LogP contribution in [0.3, 0.4) is 0 Å². The lowest BCUT2D eigenvalue weighted by atomic mass is 10.0. The summed E-state index contributed by atoms with van der Waals surface area (Å²) >= 11 is 0. The minimum absolute atomic E-state index is 0. The van der Waals surface area contributed by atoms with Crippen LogP contribution in [0.2, 0.25) is 0 Å². The molecule has 0 N–H and O–H groups in total. The van der Waals surface area contributed by atoms with E-state index in [0.717, 1.165) is 41.1 Å². The van der Waals surface area contributed by atoms with Crippen LogP contribution in [-0.4, -0.2) is 16.6 Å². The van der Waals surface area contributed by atoms with Crippen molar-refractivity contribution in [3.05, 3.63) is 94.9 Å². The van der Waals surface area contributed by atoms with Gasteiger partial charge in [-0.2, -0.15) is 4.57 Å². The molecule has 0 fully saturated rings. The molecule has 0 bridgehead atoms. The van der Waals surface area contributed by atoms with Gasteiger partial charge >= 0.3 is 0 Å². The van der Waals surface area contributed by atoms with E-state index in [2.05, 4.69) is 45.7 Å². The lowest BCUT2D eigenvalue weighted by molar-refractivity contribution is -0.604. The van der Waals surface area contributed by atoms with Crippen molar-refractivity contribution in [2.45, 2.75) is 32.2 Å². The zero-order chi connectivity index (χ0) is 22.8. The maximum atomic E-state index is 10.9. The van der Waals surface area contributed by atoms with Gasteiger partial charge in [-0.15, -0.1) is 0 Å². The SMILES string of the molecule is COc1ccccc1-[n+]1cc(-c2ccc(-c3ccc([N+](=O)[O-])cc3)cc2)n2c1CCCCC2.[Br-]. The second-order valence-corrected chi connectivity index (χ2v) is 8.32. The molecule has 0 amide bonds. The highest BCUT2D eigenvalue weighted by atomic mass is 79.9. The Morgan fingerprint density at radius 3 is 2.21 bits per heavy atom. The molecule has 0 spiro atoms. The lowest BCUT2D eigenvalue weighted by Crippen LogP contribution is -3.00. The van der Waals surface area contributed by atoms with E-state index in [1.165, 1.54) is 30.8 Å². The van der Waals surface area contributed by atoms with Crippen LogP contribution in [0.25, 0.3) is 28.1 Å². The van der Waals surface area contributed by atoms with Gasteiger partial charge in [-0.25, -0.2) is 4.57 Å². The highest BCUT2D eigenvalue weighted by Gasteiger charge is 2.28. The molecule has 4 aromatic rings. The molecule has 1 aliphatic rings. The van der Waals surface area contributed by atoms with Gasteiger partial charge in [0.05, 0.1) is 18.6 Å². The molecule has 0 saturated heterocycles.